The van der Waals surface area contributed by atoms with Crippen molar-refractivity contribution in [1.82, 2.24) is 9.97 Å². The zero-order valence-corrected chi connectivity index (χ0v) is 18.2. The molecule has 0 aliphatic carbocycles. The van der Waals surface area contributed by atoms with Gasteiger partial charge in [0.25, 0.3) is 0 Å². The van der Waals surface area contributed by atoms with Crippen LogP contribution in [0.5, 0.6) is 5.75 Å². The van der Waals surface area contributed by atoms with Crippen LogP contribution in [0.4, 0.5) is 0 Å². The van der Waals surface area contributed by atoms with Crippen LogP contribution in [0.25, 0.3) is 33.1 Å². The second kappa shape index (κ2) is 8.88. The van der Waals surface area contributed by atoms with Crippen molar-refractivity contribution in [3.05, 3.63) is 59.8 Å². The zero-order valence-electron chi connectivity index (χ0n) is 18.2. The summed E-state index contributed by atoms with van der Waals surface area (Å²) in [4.78, 5) is 8.39. The molecule has 30 heavy (non-hydrogen) atoms. The molecule has 4 rings (SSSR count). The molecule has 0 amide bonds. The highest BCUT2D eigenvalue weighted by molar-refractivity contribution is 6.02. The quantitative estimate of drug-likeness (QED) is 0.346. The Kier molecular flexibility index (Phi) is 6.05. The molecule has 4 heteroatoms. The van der Waals surface area contributed by atoms with Crippen LogP contribution in [0.1, 0.15) is 50.2 Å². The van der Waals surface area contributed by atoms with Crippen molar-refractivity contribution in [2.24, 2.45) is 5.73 Å². The summed E-state index contributed by atoms with van der Waals surface area (Å²) in [6.07, 6.45) is 6.02. The number of rotatable bonds is 8. The van der Waals surface area contributed by atoms with Gasteiger partial charge in [-0.1, -0.05) is 38.1 Å². The number of benzene rings is 2. The van der Waals surface area contributed by atoms with Gasteiger partial charge >= 0.3 is 0 Å². The van der Waals surface area contributed by atoms with Crippen molar-refractivity contribution in [1.29, 1.82) is 0 Å². The number of H-pyrrole nitrogens is 1. The third kappa shape index (κ3) is 3.56. The third-order valence-corrected chi connectivity index (χ3v) is 6.21. The summed E-state index contributed by atoms with van der Waals surface area (Å²) in [6.45, 7) is 5.26. The smallest absolute Gasteiger partial charge is 0.128 e. The van der Waals surface area contributed by atoms with E-state index in [9.17, 15) is 0 Å². The van der Waals surface area contributed by atoms with Gasteiger partial charge in [0, 0.05) is 28.0 Å². The Labute approximate surface area is 178 Å². The number of nitrogens with two attached hydrogens (primary N) is 1. The second-order valence-electron chi connectivity index (χ2n) is 8.02. The molecule has 2 heterocycles. The van der Waals surface area contributed by atoms with E-state index in [1.54, 1.807) is 7.11 Å². The van der Waals surface area contributed by atoms with Gasteiger partial charge in [0.15, 0.2) is 0 Å². The molecule has 0 aliphatic heterocycles. The molecule has 3 N–H and O–H groups in total. The molecule has 0 bridgehead atoms. The lowest BCUT2D eigenvalue weighted by Gasteiger charge is -2.13. The van der Waals surface area contributed by atoms with Gasteiger partial charge in [-0.25, -0.2) is 0 Å². The van der Waals surface area contributed by atoms with E-state index in [1.165, 1.54) is 22.0 Å². The highest BCUT2D eigenvalue weighted by Crippen LogP contribution is 2.42. The summed E-state index contributed by atoms with van der Waals surface area (Å²) in [5, 5.41) is 2.41. The molecule has 4 aromatic rings. The van der Waals surface area contributed by atoms with E-state index in [0.29, 0.717) is 5.92 Å². The Balaban J connectivity index is 2.03. The van der Waals surface area contributed by atoms with Gasteiger partial charge in [0.1, 0.15) is 5.75 Å². The maximum absolute atomic E-state index is 5.82. The molecule has 0 saturated heterocycles. The number of unbranched alkanes of at least 4 members (excludes halogenated alkanes) is 1. The van der Waals surface area contributed by atoms with E-state index in [2.05, 4.69) is 48.1 Å². The fourth-order valence-electron chi connectivity index (χ4n) is 4.41. The standard InChI is InChI=1S/C26H31N3O/c1-4-17(2)18-10-7-11-19-20(9-5-6-15-27)26(29-25(18)19)24-21-12-8-16-28-22(21)13-14-23(24)30-3/h7-8,10-14,16-17,29H,4-6,9,15,27H2,1-3H3. The summed E-state index contributed by atoms with van der Waals surface area (Å²) in [5.41, 5.74) is 13.0. The molecule has 0 radical (unpaired) electrons. The number of aromatic amines is 1. The molecule has 4 nitrogen and oxygen atoms in total. The van der Waals surface area contributed by atoms with Crippen LogP contribution >= 0.6 is 0 Å². The predicted octanol–water partition coefficient (Wildman–Crippen LogP) is 6.19. The van der Waals surface area contributed by atoms with E-state index in [-0.39, 0.29) is 0 Å². The minimum Gasteiger partial charge on any atom is -0.496 e. The number of hydrogen-bond acceptors (Lipinski definition) is 3. The predicted molar refractivity (Wildman–Crippen MR) is 126 cm³/mol. The molecular weight excluding hydrogens is 370 g/mol. The van der Waals surface area contributed by atoms with E-state index >= 15 is 0 Å². The first-order valence-corrected chi connectivity index (χ1v) is 10.9. The van der Waals surface area contributed by atoms with Crippen LogP contribution in [-0.2, 0) is 6.42 Å². The molecular formula is C26H31N3O. The van der Waals surface area contributed by atoms with Crippen molar-refractivity contribution in [2.45, 2.75) is 45.4 Å². The maximum Gasteiger partial charge on any atom is 0.128 e. The van der Waals surface area contributed by atoms with E-state index in [1.807, 2.05) is 24.4 Å². The minimum absolute atomic E-state index is 0.494. The van der Waals surface area contributed by atoms with Crippen LogP contribution < -0.4 is 10.5 Å². The third-order valence-electron chi connectivity index (χ3n) is 6.21. The first kappa shape index (κ1) is 20.4. The van der Waals surface area contributed by atoms with Crippen LogP contribution in [0.15, 0.2) is 48.7 Å². The molecule has 0 saturated carbocycles. The molecule has 1 unspecified atom stereocenters. The molecule has 0 fully saturated rings. The zero-order chi connectivity index (χ0) is 21.1. The Morgan fingerprint density at radius 2 is 1.90 bits per heavy atom. The summed E-state index contributed by atoms with van der Waals surface area (Å²) in [7, 11) is 1.74. The normalized spacial score (nSPS) is 12.5. The van der Waals surface area contributed by atoms with Gasteiger partial charge in [0.05, 0.1) is 18.3 Å². The van der Waals surface area contributed by atoms with Crippen LogP contribution in [0.3, 0.4) is 0 Å². The summed E-state index contributed by atoms with van der Waals surface area (Å²) in [5.74, 6) is 1.36. The monoisotopic (exact) mass is 401 g/mol. The number of nitrogens with zero attached hydrogens (tertiary/aromatic N) is 1. The largest absolute Gasteiger partial charge is 0.496 e. The van der Waals surface area contributed by atoms with E-state index < -0.39 is 0 Å². The topological polar surface area (TPSA) is 63.9 Å². The highest BCUT2D eigenvalue weighted by atomic mass is 16.5. The fourth-order valence-corrected chi connectivity index (χ4v) is 4.41. The van der Waals surface area contributed by atoms with Gasteiger partial charge in [-0.05, 0) is 67.5 Å². The number of aryl methyl sites for hydroxylation is 1. The van der Waals surface area contributed by atoms with Crippen LogP contribution in [-0.4, -0.2) is 23.6 Å². The van der Waals surface area contributed by atoms with Gasteiger partial charge in [-0.3, -0.25) is 4.98 Å². The minimum atomic E-state index is 0.494. The Bertz CT molecular complexity index is 1160. The van der Waals surface area contributed by atoms with Gasteiger partial charge in [0.2, 0.25) is 0 Å². The second-order valence-corrected chi connectivity index (χ2v) is 8.02. The van der Waals surface area contributed by atoms with Crippen molar-refractivity contribution >= 4 is 21.8 Å². The Morgan fingerprint density at radius 3 is 2.67 bits per heavy atom. The van der Waals surface area contributed by atoms with E-state index in [0.717, 1.165) is 60.1 Å². The average molecular weight is 402 g/mol. The van der Waals surface area contributed by atoms with Crippen molar-refractivity contribution in [3.63, 3.8) is 0 Å². The summed E-state index contributed by atoms with van der Waals surface area (Å²) < 4.78 is 5.82. The fraction of sp³-hybridized carbons (Fsp3) is 0.346. The van der Waals surface area contributed by atoms with Crippen LogP contribution in [0.2, 0.25) is 0 Å². The van der Waals surface area contributed by atoms with Crippen molar-refractivity contribution < 1.29 is 4.74 Å². The molecule has 2 aromatic heterocycles. The van der Waals surface area contributed by atoms with E-state index in [4.69, 9.17) is 10.5 Å². The molecule has 2 aromatic carbocycles. The molecule has 156 valence electrons. The van der Waals surface area contributed by atoms with Crippen molar-refractivity contribution in [2.75, 3.05) is 13.7 Å². The summed E-state index contributed by atoms with van der Waals surface area (Å²) in [6, 6.07) is 14.9. The number of methoxy groups -OCH3 is 1. The number of pyridine rings is 1. The SMILES string of the molecule is CCC(C)c1cccc2c(CCCCN)c(-c3c(OC)ccc4ncccc34)[nH]c12. The maximum atomic E-state index is 5.82. The number of hydrogen-bond donors (Lipinski definition) is 2. The Morgan fingerprint density at radius 1 is 1.07 bits per heavy atom. The summed E-state index contributed by atoms with van der Waals surface area (Å²) >= 11 is 0. The highest BCUT2D eigenvalue weighted by Gasteiger charge is 2.21. The van der Waals surface area contributed by atoms with Crippen LogP contribution in [0, 0.1) is 0 Å². The number of ether oxygens (including phenoxy) is 1. The Hall–Kier alpha value is -2.85. The van der Waals surface area contributed by atoms with Crippen molar-refractivity contribution in [3.8, 4) is 17.0 Å². The molecule has 0 spiro atoms. The number of para-hydroxylation sites is 1. The lowest BCUT2D eigenvalue weighted by atomic mass is 9.94. The lowest BCUT2D eigenvalue weighted by molar-refractivity contribution is 0.417. The number of nitrogens with one attached hydrogen (secondary N) is 1. The molecule has 0 aliphatic rings. The number of aromatic nitrogens is 2. The van der Waals surface area contributed by atoms with Gasteiger partial charge < -0.3 is 15.5 Å². The van der Waals surface area contributed by atoms with Gasteiger partial charge in [-0.2, -0.15) is 0 Å². The molecule has 1 atom stereocenters. The lowest BCUT2D eigenvalue weighted by Crippen LogP contribution is -2.00. The first-order valence-electron chi connectivity index (χ1n) is 10.9. The average Bonchev–Trinajstić information content (AvgIpc) is 3.16. The number of fused-ring (bicyclic) bond motifs is 2. The first-order chi connectivity index (χ1) is 14.7. The van der Waals surface area contributed by atoms with Gasteiger partial charge in [-0.15, -0.1) is 0 Å².